The normalized spacial score (nSPS) is 10.7. The Balaban J connectivity index is 1.55. The lowest BCUT2D eigenvalue weighted by Gasteiger charge is -2.08. The van der Waals surface area contributed by atoms with E-state index in [1.807, 2.05) is 66.9 Å². The highest BCUT2D eigenvalue weighted by atomic mass is 32.2. The van der Waals surface area contributed by atoms with Crippen LogP contribution < -0.4 is 20.5 Å². The third-order valence-corrected chi connectivity index (χ3v) is 4.65. The molecule has 27 heavy (non-hydrogen) atoms. The summed E-state index contributed by atoms with van der Waals surface area (Å²) in [5.74, 6) is 0.581. The highest BCUT2D eigenvalue weighted by Gasteiger charge is 2.03. The summed E-state index contributed by atoms with van der Waals surface area (Å²) in [5.41, 5.74) is 9.52. The molecule has 5 nitrogen and oxygen atoms in total. The quantitative estimate of drug-likeness (QED) is 0.334. The predicted octanol–water partition coefficient (Wildman–Crippen LogP) is 5.19. The molecular weight excluding hydrogens is 358 g/mol. The summed E-state index contributed by atoms with van der Waals surface area (Å²) in [6.45, 7) is 0. The number of phenolic OH excluding ortho intramolecular Hbond substituents is 1. The van der Waals surface area contributed by atoms with Gasteiger partial charge < -0.3 is 25.6 Å². The van der Waals surface area contributed by atoms with E-state index >= 15 is 0 Å². The first kappa shape index (κ1) is 18.5. The lowest BCUT2D eigenvalue weighted by Crippen LogP contribution is -1.93. The fraction of sp³-hybridized carbons (Fsp3) is 0.0476. The molecule has 0 aliphatic carbocycles. The molecule has 3 rings (SSSR count). The van der Waals surface area contributed by atoms with Crippen molar-refractivity contribution in [3.05, 3.63) is 78.5 Å². The van der Waals surface area contributed by atoms with Crippen LogP contribution in [0.15, 0.2) is 77.8 Å². The van der Waals surface area contributed by atoms with E-state index in [4.69, 9.17) is 10.5 Å². The molecule has 0 aliphatic heterocycles. The molecule has 0 heterocycles. The zero-order chi connectivity index (χ0) is 19.1. The van der Waals surface area contributed by atoms with Crippen molar-refractivity contribution in [2.24, 2.45) is 0 Å². The molecule has 0 amide bonds. The molecule has 3 aromatic rings. The predicted molar refractivity (Wildman–Crippen MR) is 114 cm³/mol. The van der Waals surface area contributed by atoms with Crippen LogP contribution >= 0.6 is 11.9 Å². The molecule has 0 aliphatic rings. The molecule has 3 aromatic carbocycles. The van der Waals surface area contributed by atoms with Gasteiger partial charge in [0.15, 0.2) is 11.5 Å². The second-order valence-electron chi connectivity index (χ2n) is 5.72. The van der Waals surface area contributed by atoms with Crippen LogP contribution in [-0.4, -0.2) is 12.2 Å². The number of rotatable bonds is 7. The van der Waals surface area contributed by atoms with Crippen molar-refractivity contribution in [1.82, 2.24) is 0 Å². The zero-order valence-corrected chi connectivity index (χ0v) is 15.7. The third-order valence-electron chi connectivity index (χ3n) is 3.82. The Kier molecular flexibility index (Phi) is 6.12. The summed E-state index contributed by atoms with van der Waals surface area (Å²) >= 11 is 1.42. The molecule has 0 fully saturated rings. The maximum absolute atomic E-state index is 9.82. The molecule has 0 spiro atoms. The minimum Gasteiger partial charge on any atom is -0.504 e. The van der Waals surface area contributed by atoms with E-state index in [0.29, 0.717) is 11.4 Å². The van der Waals surface area contributed by atoms with E-state index in [1.165, 1.54) is 19.1 Å². The number of ether oxygens (including phenoxy) is 1. The molecule has 0 atom stereocenters. The molecule has 138 valence electrons. The van der Waals surface area contributed by atoms with E-state index < -0.39 is 0 Å². The van der Waals surface area contributed by atoms with E-state index in [0.717, 1.165) is 21.8 Å². The van der Waals surface area contributed by atoms with Crippen molar-refractivity contribution in [2.75, 3.05) is 22.9 Å². The summed E-state index contributed by atoms with van der Waals surface area (Å²) in [4.78, 5) is 0.891. The van der Waals surface area contributed by atoms with E-state index in [-0.39, 0.29) is 5.75 Å². The zero-order valence-electron chi connectivity index (χ0n) is 14.8. The third kappa shape index (κ3) is 5.12. The summed E-state index contributed by atoms with van der Waals surface area (Å²) in [6, 6.07) is 20.9. The smallest absolute Gasteiger partial charge is 0.160 e. The number of nitrogens with two attached hydrogens (primary N) is 1. The number of hydrogen-bond acceptors (Lipinski definition) is 6. The van der Waals surface area contributed by atoms with Gasteiger partial charge in [0, 0.05) is 16.8 Å². The molecule has 0 unspecified atom stereocenters. The average Bonchev–Trinajstić information content (AvgIpc) is 2.69. The second-order valence-corrected chi connectivity index (χ2v) is 6.60. The average molecular weight is 379 g/mol. The van der Waals surface area contributed by atoms with Crippen LogP contribution in [0.2, 0.25) is 0 Å². The number of benzene rings is 3. The summed E-state index contributed by atoms with van der Waals surface area (Å²) < 4.78 is 8.30. The summed E-state index contributed by atoms with van der Waals surface area (Å²) in [6.07, 6.45) is 3.84. The van der Waals surface area contributed by atoms with Gasteiger partial charge in [0.1, 0.15) is 0 Å². The molecule has 0 radical (unpaired) electrons. The summed E-state index contributed by atoms with van der Waals surface area (Å²) in [7, 11) is 1.53. The van der Waals surface area contributed by atoms with Crippen LogP contribution in [0, 0.1) is 0 Å². The molecule has 0 aromatic heterocycles. The highest BCUT2D eigenvalue weighted by Crippen LogP contribution is 2.31. The molecule has 6 heteroatoms. The molecule has 0 bridgehead atoms. The Morgan fingerprint density at radius 2 is 1.81 bits per heavy atom. The van der Waals surface area contributed by atoms with Crippen LogP contribution in [-0.2, 0) is 0 Å². The van der Waals surface area contributed by atoms with Crippen LogP contribution in [0.3, 0.4) is 0 Å². The second kappa shape index (κ2) is 8.91. The Labute approximate surface area is 163 Å². The van der Waals surface area contributed by atoms with Gasteiger partial charge in [-0.1, -0.05) is 24.3 Å². The van der Waals surface area contributed by atoms with Crippen molar-refractivity contribution in [3.8, 4) is 11.5 Å². The number of hydrogen-bond donors (Lipinski definition) is 4. The van der Waals surface area contributed by atoms with Gasteiger partial charge in [0.2, 0.25) is 0 Å². The molecule has 5 N–H and O–H groups in total. The first-order chi connectivity index (χ1) is 13.2. The number of methoxy groups -OCH3 is 1. The summed E-state index contributed by atoms with van der Waals surface area (Å²) in [5, 5.41) is 13.0. The monoisotopic (exact) mass is 379 g/mol. The number of nitrogens with one attached hydrogen (secondary N) is 2. The number of para-hydroxylation sites is 2. The maximum Gasteiger partial charge on any atom is 0.160 e. The Morgan fingerprint density at radius 1 is 1.04 bits per heavy atom. The number of nitrogen functional groups attached to an aromatic ring is 1. The minimum atomic E-state index is 0.122. The SMILES string of the molecule is COc1ccc(SNc2ccc(/C=C\Nc3ccccc3N)cc2)cc1O. The molecule has 0 saturated heterocycles. The number of anilines is 3. The number of aromatic hydroxyl groups is 1. The van der Waals surface area contributed by atoms with Gasteiger partial charge in [0.25, 0.3) is 0 Å². The van der Waals surface area contributed by atoms with E-state index in [2.05, 4.69) is 10.0 Å². The number of phenols is 1. The Hall–Kier alpha value is -3.25. The van der Waals surface area contributed by atoms with Gasteiger partial charge in [-0.25, -0.2) is 0 Å². The lowest BCUT2D eigenvalue weighted by atomic mass is 10.2. The first-order valence-electron chi connectivity index (χ1n) is 8.33. The van der Waals surface area contributed by atoms with Crippen molar-refractivity contribution < 1.29 is 9.84 Å². The topological polar surface area (TPSA) is 79.5 Å². The lowest BCUT2D eigenvalue weighted by molar-refractivity contribution is 0.372. The minimum absolute atomic E-state index is 0.122. The largest absolute Gasteiger partial charge is 0.504 e. The fourth-order valence-corrected chi connectivity index (χ4v) is 3.05. The highest BCUT2D eigenvalue weighted by molar-refractivity contribution is 8.00. The van der Waals surface area contributed by atoms with Gasteiger partial charge in [-0.2, -0.15) is 0 Å². The van der Waals surface area contributed by atoms with Crippen molar-refractivity contribution >= 4 is 35.1 Å². The van der Waals surface area contributed by atoms with E-state index in [9.17, 15) is 5.11 Å². The molecule has 0 saturated carbocycles. The fourth-order valence-electron chi connectivity index (χ4n) is 2.37. The van der Waals surface area contributed by atoms with Gasteiger partial charge in [-0.05, 0) is 66.1 Å². The van der Waals surface area contributed by atoms with E-state index in [1.54, 1.807) is 12.1 Å². The maximum atomic E-state index is 9.82. The van der Waals surface area contributed by atoms with Crippen LogP contribution in [0.1, 0.15) is 5.56 Å². The first-order valence-corrected chi connectivity index (χ1v) is 9.15. The van der Waals surface area contributed by atoms with Gasteiger partial charge in [-0.15, -0.1) is 0 Å². The Bertz CT molecular complexity index is 927. The Morgan fingerprint density at radius 3 is 2.52 bits per heavy atom. The van der Waals surface area contributed by atoms with Gasteiger partial charge in [-0.3, -0.25) is 0 Å². The van der Waals surface area contributed by atoms with Gasteiger partial charge >= 0.3 is 0 Å². The van der Waals surface area contributed by atoms with Crippen molar-refractivity contribution in [1.29, 1.82) is 0 Å². The van der Waals surface area contributed by atoms with Crippen molar-refractivity contribution in [2.45, 2.75) is 4.90 Å². The van der Waals surface area contributed by atoms with Crippen LogP contribution in [0.4, 0.5) is 17.1 Å². The van der Waals surface area contributed by atoms with Gasteiger partial charge in [0.05, 0.1) is 18.5 Å². The van der Waals surface area contributed by atoms with Crippen LogP contribution in [0.25, 0.3) is 6.08 Å². The van der Waals surface area contributed by atoms with Crippen LogP contribution in [0.5, 0.6) is 11.5 Å². The standard InChI is InChI=1S/C21H21N3O2S/c1-26-21-11-10-17(14-20(21)25)27-24-16-8-6-15(7-9-16)12-13-23-19-5-3-2-4-18(19)22/h2-14,23-25H,22H2,1H3/b13-12-. The molecular formula is C21H21N3O2S. The van der Waals surface area contributed by atoms with Crippen molar-refractivity contribution in [3.63, 3.8) is 0 Å².